The Balaban J connectivity index is 2.27. The van der Waals surface area contributed by atoms with Crippen molar-refractivity contribution in [2.45, 2.75) is 18.9 Å². The van der Waals surface area contributed by atoms with Crippen LogP contribution in [0.25, 0.3) is 11.0 Å². The summed E-state index contributed by atoms with van der Waals surface area (Å²) < 4.78 is 1.68. The van der Waals surface area contributed by atoms with Gasteiger partial charge in [-0.25, -0.2) is 4.79 Å². The molecule has 0 atom stereocenters. The van der Waals surface area contributed by atoms with E-state index in [2.05, 4.69) is 4.98 Å². The van der Waals surface area contributed by atoms with E-state index in [4.69, 9.17) is 0 Å². The van der Waals surface area contributed by atoms with Gasteiger partial charge in [0, 0.05) is 18.2 Å². The first-order valence-electron chi connectivity index (χ1n) is 5.05. The fraction of sp³-hybridized carbons (Fsp3) is 0.300. The van der Waals surface area contributed by atoms with Crippen molar-refractivity contribution in [1.29, 1.82) is 0 Å². The number of hydrogen-bond acceptors (Lipinski definition) is 3. The molecule has 1 aromatic carbocycles. The van der Waals surface area contributed by atoms with Crippen molar-refractivity contribution in [3.8, 4) is 0 Å². The lowest BCUT2D eigenvalue weighted by atomic mass is 10.3. The molecule has 0 unspecified atom stereocenters. The van der Waals surface area contributed by atoms with Crippen molar-refractivity contribution in [2.24, 2.45) is 0 Å². The summed E-state index contributed by atoms with van der Waals surface area (Å²) in [5, 5.41) is 10.6. The Labute approximate surface area is 89.7 Å². The fourth-order valence-electron chi connectivity index (χ4n) is 1.93. The largest absolute Gasteiger partial charge is 0.326 e. The quantitative estimate of drug-likeness (QED) is 0.614. The van der Waals surface area contributed by atoms with Gasteiger partial charge in [-0.3, -0.25) is 14.7 Å². The van der Waals surface area contributed by atoms with E-state index in [1.54, 1.807) is 10.6 Å². The molecule has 0 aliphatic heterocycles. The van der Waals surface area contributed by atoms with Crippen LogP contribution in [0.3, 0.4) is 0 Å². The highest BCUT2D eigenvalue weighted by Gasteiger charge is 2.27. The van der Waals surface area contributed by atoms with Crippen molar-refractivity contribution in [1.82, 2.24) is 9.55 Å². The minimum atomic E-state index is -0.466. The van der Waals surface area contributed by atoms with Crippen molar-refractivity contribution in [2.75, 3.05) is 0 Å². The van der Waals surface area contributed by atoms with Gasteiger partial charge in [0.05, 0.1) is 16.0 Å². The maximum atomic E-state index is 11.6. The number of hydrogen-bond donors (Lipinski definition) is 1. The Kier molecular flexibility index (Phi) is 1.68. The number of nitro groups is 1. The van der Waals surface area contributed by atoms with Crippen LogP contribution in [0.15, 0.2) is 23.0 Å². The third kappa shape index (κ3) is 1.23. The Hall–Kier alpha value is -2.11. The van der Waals surface area contributed by atoms with Gasteiger partial charge in [0.2, 0.25) is 0 Å². The first-order valence-corrected chi connectivity index (χ1v) is 5.05. The third-order valence-corrected chi connectivity index (χ3v) is 2.82. The molecule has 82 valence electrons. The topological polar surface area (TPSA) is 80.9 Å². The Morgan fingerprint density at radius 3 is 2.81 bits per heavy atom. The van der Waals surface area contributed by atoms with E-state index in [0.29, 0.717) is 5.52 Å². The van der Waals surface area contributed by atoms with Gasteiger partial charge in [-0.2, -0.15) is 0 Å². The monoisotopic (exact) mass is 219 g/mol. The number of non-ortho nitro benzene ring substituents is 1. The molecule has 16 heavy (non-hydrogen) atoms. The lowest BCUT2D eigenvalue weighted by Crippen LogP contribution is -2.14. The second-order valence-electron chi connectivity index (χ2n) is 3.99. The number of aromatic nitrogens is 2. The first-order chi connectivity index (χ1) is 7.66. The number of nitrogens with zero attached hydrogens (tertiary/aromatic N) is 2. The van der Waals surface area contributed by atoms with E-state index in [0.717, 1.165) is 18.4 Å². The zero-order chi connectivity index (χ0) is 11.3. The van der Waals surface area contributed by atoms with E-state index in [9.17, 15) is 14.9 Å². The van der Waals surface area contributed by atoms with Crippen molar-refractivity contribution in [3.05, 3.63) is 38.8 Å². The zero-order valence-electron chi connectivity index (χ0n) is 8.34. The molecule has 1 aromatic heterocycles. The van der Waals surface area contributed by atoms with Crippen LogP contribution in [0.2, 0.25) is 0 Å². The molecule has 1 aliphatic carbocycles. The highest BCUT2D eigenvalue weighted by molar-refractivity contribution is 5.78. The van der Waals surface area contributed by atoms with E-state index in [-0.39, 0.29) is 17.4 Å². The van der Waals surface area contributed by atoms with Crippen LogP contribution >= 0.6 is 0 Å². The summed E-state index contributed by atoms with van der Waals surface area (Å²) in [4.78, 5) is 24.4. The number of rotatable bonds is 2. The maximum absolute atomic E-state index is 11.6. The molecule has 1 fully saturated rings. The molecule has 2 aromatic rings. The predicted molar refractivity (Wildman–Crippen MR) is 57.5 cm³/mol. The molecule has 1 saturated carbocycles. The van der Waals surface area contributed by atoms with Crippen LogP contribution in [0, 0.1) is 10.1 Å². The first kappa shape index (κ1) is 9.14. The number of nitro benzene ring substituents is 1. The van der Waals surface area contributed by atoms with E-state index in [1.807, 2.05) is 0 Å². The Morgan fingerprint density at radius 1 is 1.44 bits per heavy atom. The molecule has 1 heterocycles. The number of nitrogens with one attached hydrogen (secondary N) is 1. The predicted octanol–water partition coefficient (Wildman–Crippen LogP) is 1.57. The highest BCUT2D eigenvalue weighted by Crippen LogP contribution is 2.36. The van der Waals surface area contributed by atoms with E-state index >= 15 is 0 Å². The molecule has 3 rings (SSSR count). The smallest absolute Gasteiger partial charge is 0.305 e. The van der Waals surface area contributed by atoms with Crippen molar-refractivity contribution in [3.63, 3.8) is 0 Å². The SMILES string of the molecule is O=c1[nH]c2cc([N+](=O)[O-])ccc2n1C1CC1. The zero-order valence-corrected chi connectivity index (χ0v) is 8.34. The van der Waals surface area contributed by atoms with E-state index in [1.165, 1.54) is 12.1 Å². The molecule has 0 spiro atoms. The third-order valence-electron chi connectivity index (χ3n) is 2.82. The molecule has 1 aliphatic rings. The van der Waals surface area contributed by atoms with Gasteiger partial charge in [0.15, 0.2) is 0 Å². The molecule has 6 heteroatoms. The van der Waals surface area contributed by atoms with Crippen LogP contribution in [-0.2, 0) is 0 Å². The molecule has 0 radical (unpaired) electrons. The summed E-state index contributed by atoms with van der Waals surface area (Å²) in [6, 6.07) is 4.72. The molecule has 0 amide bonds. The number of aromatic amines is 1. The summed E-state index contributed by atoms with van der Waals surface area (Å²) >= 11 is 0. The Bertz CT molecular complexity index is 636. The van der Waals surface area contributed by atoms with Gasteiger partial charge in [0.25, 0.3) is 5.69 Å². The standard InChI is InChI=1S/C10H9N3O3/c14-10-11-8-5-7(13(15)16)3-4-9(8)12(10)6-1-2-6/h3-6H,1-2H2,(H,11,14). The van der Waals surface area contributed by atoms with Crippen LogP contribution in [-0.4, -0.2) is 14.5 Å². The van der Waals surface area contributed by atoms with Crippen molar-refractivity contribution < 1.29 is 4.92 Å². The lowest BCUT2D eigenvalue weighted by Gasteiger charge is -1.98. The van der Waals surface area contributed by atoms with Gasteiger partial charge in [0.1, 0.15) is 0 Å². The fourth-order valence-corrected chi connectivity index (χ4v) is 1.93. The van der Waals surface area contributed by atoms with Gasteiger partial charge in [-0.1, -0.05) is 0 Å². The molecule has 0 bridgehead atoms. The highest BCUT2D eigenvalue weighted by atomic mass is 16.6. The molecule has 1 N–H and O–H groups in total. The molecular weight excluding hydrogens is 210 g/mol. The molecule has 6 nitrogen and oxygen atoms in total. The van der Waals surface area contributed by atoms with Gasteiger partial charge in [-0.05, 0) is 18.9 Å². The summed E-state index contributed by atoms with van der Waals surface area (Å²) in [5.41, 5.74) is 1.10. The van der Waals surface area contributed by atoms with Gasteiger partial charge in [-0.15, -0.1) is 0 Å². The Morgan fingerprint density at radius 2 is 2.19 bits per heavy atom. The van der Waals surface area contributed by atoms with Gasteiger partial charge >= 0.3 is 5.69 Å². The summed E-state index contributed by atoms with van der Waals surface area (Å²) in [6.45, 7) is 0. The minimum absolute atomic E-state index is 0.00306. The number of fused-ring (bicyclic) bond motifs is 1. The van der Waals surface area contributed by atoms with Crippen LogP contribution in [0.5, 0.6) is 0 Å². The van der Waals surface area contributed by atoms with Gasteiger partial charge < -0.3 is 4.98 Å². The molecule has 0 saturated heterocycles. The van der Waals surface area contributed by atoms with Crippen molar-refractivity contribution >= 4 is 16.7 Å². The second-order valence-corrected chi connectivity index (χ2v) is 3.99. The second kappa shape index (κ2) is 2.94. The minimum Gasteiger partial charge on any atom is -0.305 e. The number of H-pyrrole nitrogens is 1. The summed E-state index contributed by atoms with van der Waals surface area (Å²) in [5.74, 6) is 0. The summed E-state index contributed by atoms with van der Waals surface area (Å²) in [6.07, 6.45) is 2.01. The number of benzene rings is 1. The average Bonchev–Trinajstić information content (AvgIpc) is 3.00. The number of imidazole rings is 1. The van der Waals surface area contributed by atoms with Crippen LogP contribution in [0.1, 0.15) is 18.9 Å². The van der Waals surface area contributed by atoms with Crippen LogP contribution < -0.4 is 5.69 Å². The lowest BCUT2D eigenvalue weighted by molar-refractivity contribution is -0.384. The molecular formula is C10H9N3O3. The maximum Gasteiger partial charge on any atom is 0.326 e. The average molecular weight is 219 g/mol. The summed E-state index contributed by atoms with van der Waals surface area (Å²) in [7, 11) is 0. The normalized spacial score (nSPS) is 15.5. The van der Waals surface area contributed by atoms with E-state index < -0.39 is 4.92 Å². The van der Waals surface area contributed by atoms with Crippen LogP contribution in [0.4, 0.5) is 5.69 Å².